The molecule has 0 bridgehead atoms. The molecule has 0 atom stereocenters. The van der Waals surface area contributed by atoms with Crippen molar-refractivity contribution >= 4 is 0 Å². The third kappa shape index (κ3) is 4.69. The summed E-state index contributed by atoms with van der Waals surface area (Å²) in [6, 6.07) is 6.58. The average molecular weight is 249 g/mol. The minimum absolute atomic E-state index is 0.163. The molecule has 1 aromatic rings. The first kappa shape index (κ1) is 15.0. The van der Waals surface area contributed by atoms with Crippen LogP contribution in [0.4, 0.5) is 0 Å². The van der Waals surface area contributed by atoms with Crippen molar-refractivity contribution < 1.29 is 4.74 Å². The SMILES string of the molecule is CC.CC(C)(C)NCc1ccc2c(c1)OCCC2. The maximum Gasteiger partial charge on any atom is 0.122 e. The van der Waals surface area contributed by atoms with Gasteiger partial charge in [-0.05, 0) is 50.8 Å². The second-order valence-electron chi connectivity index (χ2n) is 5.50. The van der Waals surface area contributed by atoms with Crippen molar-refractivity contribution in [2.45, 2.75) is 59.5 Å². The average Bonchev–Trinajstić information content (AvgIpc) is 2.38. The predicted molar refractivity (Wildman–Crippen MR) is 78.2 cm³/mol. The van der Waals surface area contributed by atoms with E-state index in [9.17, 15) is 0 Å². The van der Waals surface area contributed by atoms with Gasteiger partial charge in [0.05, 0.1) is 6.61 Å². The van der Waals surface area contributed by atoms with Gasteiger partial charge in [-0.1, -0.05) is 26.0 Å². The van der Waals surface area contributed by atoms with Gasteiger partial charge in [0.15, 0.2) is 0 Å². The molecule has 0 aliphatic carbocycles. The van der Waals surface area contributed by atoms with Crippen molar-refractivity contribution in [2.75, 3.05) is 6.61 Å². The molecule has 1 heterocycles. The van der Waals surface area contributed by atoms with E-state index in [1.807, 2.05) is 13.8 Å². The van der Waals surface area contributed by atoms with E-state index < -0.39 is 0 Å². The predicted octanol–water partition coefficient (Wildman–Crippen LogP) is 3.93. The summed E-state index contributed by atoms with van der Waals surface area (Å²) in [4.78, 5) is 0. The van der Waals surface area contributed by atoms with Crippen LogP contribution < -0.4 is 10.1 Å². The Kier molecular flexibility index (Phi) is 5.67. The van der Waals surface area contributed by atoms with E-state index in [2.05, 4.69) is 44.3 Å². The van der Waals surface area contributed by atoms with Gasteiger partial charge in [-0.3, -0.25) is 0 Å². The lowest BCUT2D eigenvalue weighted by molar-refractivity contribution is 0.288. The van der Waals surface area contributed by atoms with Crippen LogP contribution in [0.5, 0.6) is 5.75 Å². The number of hydrogen-bond donors (Lipinski definition) is 1. The fourth-order valence-corrected chi connectivity index (χ4v) is 1.86. The molecule has 2 rings (SSSR count). The fourth-order valence-electron chi connectivity index (χ4n) is 1.86. The first-order valence-electron chi connectivity index (χ1n) is 7.04. The topological polar surface area (TPSA) is 21.3 Å². The highest BCUT2D eigenvalue weighted by molar-refractivity contribution is 5.38. The number of fused-ring (bicyclic) bond motifs is 1. The molecule has 1 aliphatic rings. The molecule has 0 aromatic heterocycles. The molecule has 0 saturated heterocycles. The molecule has 1 aliphatic heterocycles. The maximum atomic E-state index is 5.67. The standard InChI is InChI=1S/C14H21NO.C2H6/c1-14(2,3)15-10-11-6-7-12-5-4-8-16-13(12)9-11;1-2/h6-7,9,15H,4-5,8,10H2,1-3H3;1-2H3. The summed E-state index contributed by atoms with van der Waals surface area (Å²) < 4.78 is 5.67. The highest BCUT2D eigenvalue weighted by Gasteiger charge is 2.12. The number of nitrogens with one attached hydrogen (secondary N) is 1. The zero-order chi connectivity index (χ0) is 13.6. The highest BCUT2D eigenvalue weighted by Crippen LogP contribution is 2.25. The largest absolute Gasteiger partial charge is 0.493 e. The second-order valence-corrected chi connectivity index (χ2v) is 5.50. The van der Waals surface area contributed by atoms with Crippen LogP contribution in [0.2, 0.25) is 0 Å². The molecule has 0 fully saturated rings. The highest BCUT2D eigenvalue weighted by atomic mass is 16.5. The molecule has 102 valence electrons. The summed E-state index contributed by atoms with van der Waals surface area (Å²) in [5.41, 5.74) is 2.82. The number of benzene rings is 1. The van der Waals surface area contributed by atoms with Gasteiger partial charge in [0.1, 0.15) is 5.75 Å². The molecule has 0 radical (unpaired) electrons. The van der Waals surface area contributed by atoms with Gasteiger partial charge < -0.3 is 10.1 Å². The molecule has 0 spiro atoms. The number of aryl methyl sites for hydroxylation is 1. The van der Waals surface area contributed by atoms with Gasteiger partial charge in [-0.25, -0.2) is 0 Å². The molecule has 18 heavy (non-hydrogen) atoms. The minimum atomic E-state index is 0.163. The first-order chi connectivity index (χ1) is 8.54. The van der Waals surface area contributed by atoms with E-state index in [1.54, 1.807) is 0 Å². The molecule has 0 amide bonds. The Morgan fingerprint density at radius 2 is 1.94 bits per heavy atom. The Balaban J connectivity index is 0.000000771. The Hall–Kier alpha value is -1.02. The van der Waals surface area contributed by atoms with E-state index in [-0.39, 0.29) is 5.54 Å². The van der Waals surface area contributed by atoms with Crippen molar-refractivity contribution in [2.24, 2.45) is 0 Å². The number of rotatable bonds is 2. The van der Waals surface area contributed by atoms with Crippen LogP contribution in [0, 0.1) is 0 Å². The molecule has 1 N–H and O–H groups in total. The fraction of sp³-hybridized carbons (Fsp3) is 0.625. The van der Waals surface area contributed by atoms with Crippen LogP contribution in [-0.2, 0) is 13.0 Å². The third-order valence-corrected chi connectivity index (χ3v) is 2.80. The molecule has 2 heteroatoms. The summed E-state index contributed by atoms with van der Waals surface area (Å²) in [6.45, 7) is 12.3. The minimum Gasteiger partial charge on any atom is -0.493 e. The zero-order valence-electron chi connectivity index (χ0n) is 12.5. The normalized spacial score (nSPS) is 14.1. The van der Waals surface area contributed by atoms with Crippen LogP contribution in [0.1, 0.15) is 52.2 Å². The molecule has 0 saturated carbocycles. The van der Waals surface area contributed by atoms with Crippen molar-refractivity contribution in [3.8, 4) is 5.75 Å². The Morgan fingerprint density at radius 3 is 2.61 bits per heavy atom. The first-order valence-corrected chi connectivity index (χ1v) is 7.04. The van der Waals surface area contributed by atoms with Gasteiger partial charge in [-0.2, -0.15) is 0 Å². The summed E-state index contributed by atoms with van der Waals surface area (Å²) in [5.74, 6) is 1.08. The van der Waals surface area contributed by atoms with Crippen LogP contribution in [0.25, 0.3) is 0 Å². The van der Waals surface area contributed by atoms with Crippen LogP contribution >= 0.6 is 0 Å². The van der Waals surface area contributed by atoms with Crippen molar-refractivity contribution in [1.82, 2.24) is 5.32 Å². The molecular weight excluding hydrogens is 222 g/mol. The molecular formula is C16H27NO. The van der Waals surface area contributed by atoms with Gasteiger partial charge in [0.2, 0.25) is 0 Å². The molecule has 2 nitrogen and oxygen atoms in total. The second kappa shape index (κ2) is 6.79. The lowest BCUT2D eigenvalue weighted by Gasteiger charge is -2.22. The zero-order valence-corrected chi connectivity index (χ0v) is 12.5. The van der Waals surface area contributed by atoms with Crippen molar-refractivity contribution in [3.05, 3.63) is 29.3 Å². The van der Waals surface area contributed by atoms with E-state index in [0.29, 0.717) is 0 Å². The van der Waals surface area contributed by atoms with Gasteiger partial charge in [0, 0.05) is 12.1 Å². The summed E-state index contributed by atoms with van der Waals surface area (Å²) >= 11 is 0. The van der Waals surface area contributed by atoms with Gasteiger partial charge in [-0.15, -0.1) is 0 Å². The van der Waals surface area contributed by atoms with E-state index in [1.165, 1.54) is 11.1 Å². The monoisotopic (exact) mass is 249 g/mol. The van der Waals surface area contributed by atoms with Crippen LogP contribution in [0.3, 0.4) is 0 Å². The van der Waals surface area contributed by atoms with Crippen LogP contribution in [-0.4, -0.2) is 12.1 Å². The van der Waals surface area contributed by atoms with Crippen LogP contribution in [0.15, 0.2) is 18.2 Å². The molecule has 0 unspecified atom stereocenters. The lowest BCUT2D eigenvalue weighted by Crippen LogP contribution is -2.35. The summed E-state index contributed by atoms with van der Waals surface area (Å²) in [6.07, 6.45) is 2.30. The Bertz CT molecular complexity index is 366. The quantitative estimate of drug-likeness (QED) is 0.857. The smallest absolute Gasteiger partial charge is 0.122 e. The summed E-state index contributed by atoms with van der Waals surface area (Å²) in [7, 11) is 0. The van der Waals surface area contributed by atoms with Gasteiger partial charge >= 0.3 is 0 Å². The molecule has 1 aromatic carbocycles. The van der Waals surface area contributed by atoms with E-state index in [0.717, 1.165) is 31.7 Å². The maximum absolute atomic E-state index is 5.67. The van der Waals surface area contributed by atoms with E-state index in [4.69, 9.17) is 4.74 Å². The Morgan fingerprint density at radius 1 is 1.22 bits per heavy atom. The summed E-state index contributed by atoms with van der Waals surface area (Å²) in [5, 5.41) is 3.49. The van der Waals surface area contributed by atoms with Crippen molar-refractivity contribution in [3.63, 3.8) is 0 Å². The Labute approximate surface area is 112 Å². The lowest BCUT2D eigenvalue weighted by atomic mass is 10.0. The van der Waals surface area contributed by atoms with E-state index >= 15 is 0 Å². The third-order valence-electron chi connectivity index (χ3n) is 2.80. The van der Waals surface area contributed by atoms with Crippen molar-refractivity contribution in [1.29, 1.82) is 0 Å². The number of hydrogen-bond acceptors (Lipinski definition) is 2. The van der Waals surface area contributed by atoms with Gasteiger partial charge in [0.25, 0.3) is 0 Å². The number of ether oxygens (including phenoxy) is 1.